The molecule has 0 aliphatic heterocycles. The quantitative estimate of drug-likeness (QED) is 0.171. The third-order valence-corrected chi connectivity index (χ3v) is 7.34. The highest BCUT2D eigenvalue weighted by molar-refractivity contribution is 6.13. The second-order valence-electron chi connectivity index (χ2n) is 9.98. The van der Waals surface area contributed by atoms with E-state index >= 15 is 0 Å². The molecule has 0 aliphatic rings. The minimum atomic E-state index is -0.480. The standard InChI is InChI=1S/C35H27N3O6/c39-34(37-28-14-5-1-10-24(28)25-11-2-6-15-29(25)37)43-22-20-41-32-18-9-19-33(36-32)42-21-23-44-35(40)38-30-16-7-3-12-26(30)27-13-4-8-17-31(27)38/h1-19H,20-23H2. The number of hydrogen-bond donors (Lipinski definition) is 0. The second-order valence-corrected chi connectivity index (χ2v) is 9.98. The summed E-state index contributed by atoms with van der Waals surface area (Å²) >= 11 is 0. The van der Waals surface area contributed by atoms with Crippen molar-refractivity contribution < 1.29 is 28.5 Å². The van der Waals surface area contributed by atoms with Crippen molar-refractivity contribution in [3.63, 3.8) is 0 Å². The Labute approximate surface area is 251 Å². The number of pyridine rings is 1. The minimum Gasteiger partial charge on any atom is -0.474 e. The van der Waals surface area contributed by atoms with Gasteiger partial charge in [0, 0.05) is 33.7 Å². The smallest absolute Gasteiger partial charge is 0.419 e. The Morgan fingerprint density at radius 3 is 1.16 bits per heavy atom. The molecule has 9 heteroatoms. The highest BCUT2D eigenvalue weighted by atomic mass is 16.6. The van der Waals surface area contributed by atoms with Crippen molar-refractivity contribution in [2.24, 2.45) is 0 Å². The van der Waals surface area contributed by atoms with Gasteiger partial charge in [0.2, 0.25) is 11.8 Å². The van der Waals surface area contributed by atoms with E-state index in [1.54, 1.807) is 27.3 Å². The van der Waals surface area contributed by atoms with E-state index in [0.717, 1.165) is 43.6 Å². The van der Waals surface area contributed by atoms with Gasteiger partial charge in [0.25, 0.3) is 0 Å². The summed E-state index contributed by atoms with van der Waals surface area (Å²) in [4.78, 5) is 30.4. The number of carbonyl (C=O) groups is 2. The first-order valence-electron chi connectivity index (χ1n) is 14.2. The fraction of sp³-hybridized carbons (Fsp3) is 0.114. The van der Waals surface area contributed by atoms with E-state index in [9.17, 15) is 9.59 Å². The van der Waals surface area contributed by atoms with Gasteiger partial charge in [-0.15, -0.1) is 0 Å². The van der Waals surface area contributed by atoms with E-state index in [2.05, 4.69) is 4.98 Å². The molecule has 44 heavy (non-hydrogen) atoms. The Bertz CT molecular complexity index is 1890. The molecule has 0 saturated carbocycles. The van der Waals surface area contributed by atoms with Crippen LogP contribution in [0.1, 0.15) is 0 Å². The Morgan fingerprint density at radius 2 is 0.795 bits per heavy atom. The molecule has 0 bridgehead atoms. The van der Waals surface area contributed by atoms with Crippen molar-refractivity contribution in [3.8, 4) is 11.8 Å². The van der Waals surface area contributed by atoms with E-state index < -0.39 is 12.2 Å². The van der Waals surface area contributed by atoms with E-state index in [-0.39, 0.29) is 26.4 Å². The van der Waals surface area contributed by atoms with Gasteiger partial charge in [0.1, 0.15) is 26.4 Å². The summed E-state index contributed by atoms with van der Waals surface area (Å²) in [5.74, 6) is 0.635. The van der Waals surface area contributed by atoms with Gasteiger partial charge in [0.05, 0.1) is 22.1 Å². The van der Waals surface area contributed by atoms with Gasteiger partial charge in [-0.05, 0) is 24.3 Å². The first-order valence-corrected chi connectivity index (χ1v) is 14.2. The maximum Gasteiger partial charge on any atom is 0.419 e. The van der Waals surface area contributed by atoms with Crippen LogP contribution in [-0.4, -0.2) is 52.7 Å². The number of carbonyl (C=O) groups excluding carboxylic acids is 2. The van der Waals surface area contributed by atoms with Gasteiger partial charge in [-0.25, -0.2) is 18.7 Å². The Balaban J connectivity index is 0.917. The van der Waals surface area contributed by atoms with Crippen molar-refractivity contribution in [3.05, 3.63) is 115 Å². The molecule has 3 aromatic heterocycles. The number of hydrogen-bond acceptors (Lipinski definition) is 7. The van der Waals surface area contributed by atoms with Crippen molar-refractivity contribution in [1.29, 1.82) is 0 Å². The summed E-state index contributed by atoms with van der Waals surface area (Å²) in [6, 6.07) is 36.0. The van der Waals surface area contributed by atoms with E-state index in [1.165, 1.54) is 0 Å². The van der Waals surface area contributed by atoms with Crippen LogP contribution >= 0.6 is 0 Å². The Kier molecular flexibility index (Phi) is 7.25. The van der Waals surface area contributed by atoms with Gasteiger partial charge in [-0.1, -0.05) is 78.9 Å². The predicted octanol–water partition coefficient (Wildman–Crippen LogP) is 7.42. The Hall–Kier alpha value is -5.83. The van der Waals surface area contributed by atoms with Crippen LogP contribution in [0.25, 0.3) is 43.6 Å². The van der Waals surface area contributed by atoms with Gasteiger partial charge < -0.3 is 18.9 Å². The zero-order valence-corrected chi connectivity index (χ0v) is 23.6. The molecule has 0 atom stereocenters. The average Bonchev–Trinajstić information content (AvgIpc) is 3.58. The van der Waals surface area contributed by atoms with Crippen molar-refractivity contribution in [2.45, 2.75) is 0 Å². The lowest BCUT2D eigenvalue weighted by atomic mass is 10.2. The van der Waals surface area contributed by atoms with E-state index in [4.69, 9.17) is 18.9 Å². The maximum absolute atomic E-state index is 13.0. The van der Waals surface area contributed by atoms with Crippen LogP contribution in [0.3, 0.4) is 0 Å². The second kappa shape index (κ2) is 11.8. The van der Waals surface area contributed by atoms with Gasteiger partial charge in [-0.3, -0.25) is 0 Å². The van der Waals surface area contributed by atoms with Crippen molar-refractivity contribution in [2.75, 3.05) is 26.4 Å². The molecule has 0 aliphatic carbocycles. The fourth-order valence-corrected chi connectivity index (χ4v) is 5.47. The first kappa shape index (κ1) is 27.0. The summed E-state index contributed by atoms with van der Waals surface area (Å²) in [6.07, 6.45) is -0.960. The molecule has 218 valence electrons. The maximum atomic E-state index is 13.0. The summed E-state index contributed by atoms with van der Waals surface area (Å²) in [6.45, 7) is 0.279. The van der Waals surface area contributed by atoms with E-state index in [1.807, 2.05) is 97.1 Å². The first-order chi connectivity index (χ1) is 21.7. The van der Waals surface area contributed by atoms with Crippen LogP contribution in [0.5, 0.6) is 11.8 Å². The van der Waals surface area contributed by atoms with Crippen LogP contribution in [-0.2, 0) is 9.47 Å². The largest absolute Gasteiger partial charge is 0.474 e. The molecule has 0 N–H and O–H groups in total. The molecule has 3 heterocycles. The molecule has 7 rings (SSSR count). The van der Waals surface area contributed by atoms with Crippen LogP contribution in [0.4, 0.5) is 9.59 Å². The molecule has 9 nitrogen and oxygen atoms in total. The topological polar surface area (TPSA) is 93.8 Å². The number of rotatable bonds is 8. The van der Waals surface area contributed by atoms with Gasteiger partial charge >= 0.3 is 12.2 Å². The zero-order valence-electron chi connectivity index (χ0n) is 23.6. The normalized spacial score (nSPS) is 11.3. The van der Waals surface area contributed by atoms with Gasteiger partial charge in [0.15, 0.2) is 0 Å². The molecule has 0 amide bonds. The highest BCUT2D eigenvalue weighted by Crippen LogP contribution is 2.30. The lowest BCUT2D eigenvalue weighted by Crippen LogP contribution is -2.18. The summed E-state index contributed by atoms with van der Waals surface area (Å²) in [7, 11) is 0. The summed E-state index contributed by atoms with van der Waals surface area (Å²) < 4.78 is 25.6. The van der Waals surface area contributed by atoms with Crippen molar-refractivity contribution in [1.82, 2.24) is 14.1 Å². The Morgan fingerprint density at radius 1 is 0.455 bits per heavy atom. The lowest BCUT2D eigenvalue weighted by molar-refractivity contribution is 0.123. The predicted molar refractivity (Wildman–Crippen MR) is 168 cm³/mol. The van der Waals surface area contributed by atoms with Crippen LogP contribution in [0.15, 0.2) is 115 Å². The zero-order chi connectivity index (χ0) is 29.9. The molecule has 0 fully saturated rings. The number of aromatic nitrogens is 3. The number of fused-ring (bicyclic) bond motifs is 6. The van der Waals surface area contributed by atoms with Crippen LogP contribution < -0.4 is 9.47 Å². The average molecular weight is 586 g/mol. The minimum absolute atomic E-state index is 0.0329. The molecule has 4 aromatic carbocycles. The molecule has 7 aromatic rings. The number of nitrogens with zero attached hydrogens (tertiary/aromatic N) is 3. The lowest BCUT2D eigenvalue weighted by Gasteiger charge is -2.11. The van der Waals surface area contributed by atoms with E-state index in [0.29, 0.717) is 11.8 Å². The molecule has 0 spiro atoms. The molecule has 0 saturated heterocycles. The summed E-state index contributed by atoms with van der Waals surface area (Å²) in [5, 5.41) is 3.94. The molecular weight excluding hydrogens is 558 g/mol. The van der Waals surface area contributed by atoms with Crippen LogP contribution in [0.2, 0.25) is 0 Å². The summed E-state index contributed by atoms with van der Waals surface area (Å²) in [5.41, 5.74) is 3.14. The molecular formula is C35H27N3O6. The van der Waals surface area contributed by atoms with Gasteiger partial charge in [-0.2, -0.15) is 4.98 Å². The SMILES string of the molecule is O=C(OCCOc1cccc(OCCOC(=O)n2c3ccccc3c3ccccc32)n1)n1c2ccccc2c2ccccc21. The molecule has 0 radical (unpaired) electrons. The third-order valence-electron chi connectivity index (χ3n) is 7.34. The number of ether oxygens (including phenoxy) is 4. The highest BCUT2D eigenvalue weighted by Gasteiger charge is 2.18. The van der Waals surface area contributed by atoms with Crippen molar-refractivity contribution >= 4 is 55.8 Å². The monoisotopic (exact) mass is 585 g/mol. The van der Waals surface area contributed by atoms with Crippen LogP contribution in [0, 0.1) is 0 Å². The molecule has 0 unspecified atom stereocenters. The third kappa shape index (κ3) is 5.05. The number of benzene rings is 4. The number of para-hydroxylation sites is 4. The fourth-order valence-electron chi connectivity index (χ4n) is 5.47.